The summed E-state index contributed by atoms with van der Waals surface area (Å²) in [5.41, 5.74) is 1.03. The number of hydrogen-bond acceptors (Lipinski definition) is 6. The lowest BCUT2D eigenvalue weighted by Crippen LogP contribution is -2.37. The third-order valence-corrected chi connectivity index (χ3v) is 5.78. The molecule has 0 amide bonds. The Morgan fingerprint density at radius 2 is 1.64 bits per heavy atom. The molecule has 6 heteroatoms. The Hall–Kier alpha value is -1.92. The molecule has 4 rings (SSSR count). The average molecular weight is 384 g/mol. The van der Waals surface area contributed by atoms with Gasteiger partial charge in [-0.1, -0.05) is 31.4 Å². The summed E-state index contributed by atoms with van der Waals surface area (Å²) in [5, 5.41) is 4.65. The van der Waals surface area contributed by atoms with Crippen LogP contribution in [0.25, 0.3) is 10.9 Å². The summed E-state index contributed by atoms with van der Waals surface area (Å²) >= 11 is 0. The number of benzene rings is 1. The smallest absolute Gasteiger partial charge is 0.225 e. The first kappa shape index (κ1) is 19.4. The highest BCUT2D eigenvalue weighted by molar-refractivity contribution is 5.90. The number of nitrogens with zero attached hydrogens (tertiary/aromatic N) is 4. The average Bonchev–Trinajstić information content (AvgIpc) is 2.71. The van der Waals surface area contributed by atoms with Crippen molar-refractivity contribution in [1.82, 2.24) is 14.9 Å². The number of rotatable bonds is 6. The van der Waals surface area contributed by atoms with Gasteiger partial charge in [0.25, 0.3) is 0 Å². The van der Waals surface area contributed by atoms with Gasteiger partial charge >= 0.3 is 0 Å². The van der Waals surface area contributed by atoms with Crippen LogP contribution in [0.3, 0.4) is 0 Å². The number of nitrogens with one attached hydrogen (secondary N) is 1. The number of fused-ring (bicyclic) bond motifs is 1. The van der Waals surface area contributed by atoms with Gasteiger partial charge in [0.2, 0.25) is 5.95 Å². The number of para-hydroxylation sites is 1. The van der Waals surface area contributed by atoms with E-state index >= 15 is 0 Å². The van der Waals surface area contributed by atoms with Crippen molar-refractivity contribution >= 4 is 22.7 Å². The van der Waals surface area contributed by atoms with Gasteiger partial charge in [-0.25, -0.2) is 4.98 Å². The van der Waals surface area contributed by atoms with E-state index in [0.29, 0.717) is 0 Å². The van der Waals surface area contributed by atoms with Gasteiger partial charge in [-0.3, -0.25) is 4.90 Å². The van der Waals surface area contributed by atoms with Crippen LogP contribution < -0.4 is 10.2 Å². The lowest BCUT2D eigenvalue weighted by atomic mass is 10.1. The van der Waals surface area contributed by atoms with Crippen molar-refractivity contribution in [2.75, 3.05) is 62.7 Å². The number of hydrogen-bond donors (Lipinski definition) is 1. The molecule has 0 aliphatic carbocycles. The lowest BCUT2D eigenvalue weighted by Gasteiger charge is -2.27. The largest absolute Gasteiger partial charge is 0.379 e. The predicted octanol–water partition coefficient (Wildman–Crippen LogP) is 3.53. The SMILES string of the molecule is c1ccc2c(N3CCCCCCC3)nc(NCCCN3CCOCC3)nc2c1. The van der Waals surface area contributed by atoms with E-state index < -0.39 is 0 Å². The quantitative estimate of drug-likeness (QED) is 0.770. The minimum Gasteiger partial charge on any atom is -0.379 e. The molecule has 1 N–H and O–H groups in total. The molecule has 6 nitrogen and oxygen atoms in total. The first-order valence-electron chi connectivity index (χ1n) is 11.0. The van der Waals surface area contributed by atoms with Crippen molar-refractivity contribution in [2.24, 2.45) is 0 Å². The normalized spacial score (nSPS) is 19.4. The fraction of sp³-hybridized carbons (Fsp3) is 0.636. The Labute approximate surface area is 168 Å². The Morgan fingerprint density at radius 3 is 2.46 bits per heavy atom. The second-order valence-corrected chi connectivity index (χ2v) is 7.88. The summed E-state index contributed by atoms with van der Waals surface area (Å²) in [6.07, 6.45) is 7.61. The third-order valence-electron chi connectivity index (χ3n) is 5.78. The minimum atomic E-state index is 0.762. The van der Waals surface area contributed by atoms with E-state index in [4.69, 9.17) is 14.7 Å². The molecule has 152 valence electrons. The Balaban J connectivity index is 1.44. The summed E-state index contributed by atoms with van der Waals surface area (Å²) < 4.78 is 5.42. The van der Waals surface area contributed by atoms with Crippen LogP contribution in [0.15, 0.2) is 24.3 Å². The Kier molecular flexibility index (Phi) is 6.95. The first-order chi connectivity index (χ1) is 13.9. The molecule has 0 radical (unpaired) electrons. The van der Waals surface area contributed by atoms with Gasteiger partial charge in [0.05, 0.1) is 18.7 Å². The summed E-state index contributed by atoms with van der Waals surface area (Å²) in [6.45, 7) is 8.00. The molecular weight excluding hydrogens is 350 g/mol. The maximum atomic E-state index is 5.42. The number of morpholine rings is 1. The molecule has 1 aromatic carbocycles. The van der Waals surface area contributed by atoms with Crippen molar-refractivity contribution in [2.45, 2.75) is 38.5 Å². The zero-order valence-electron chi connectivity index (χ0n) is 16.9. The second kappa shape index (κ2) is 10.0. The monoisotopic (exact) mass is 383 g/mol. The standard InChI is InChI=1S/C22H33N5O/c1-2-6-13-27(14-7-3-1)21-19-9-4-5-10-20(19)24-22(25-21)23-11-8-12-26-15-17-28-18-16-26/h4-5,9-10H,1-3,6-8,11-18H2,(H,23,24,25). The van der Waals surface area contributed by atoms with Crippen molar-refractivity contribution in [3.05, 3.63) is 24.3 Å². The van der Waals surface area contributed by atoms with Crippen LogP contribution >= 0.6 is 0 Å². The number of ether oxygens (including phenoxy) is 1. The molecule has 0 spiro atoms. The fourth-order valence-corrected chi connectivity index (χ4v) is 4.17. The molecule has 2 saturated heterocycles. The van der Waals surface area contributed by atoms with E-state index in [1.807, 2.05) is 0 Å². The first-order valence-corrected chi connectivity index (χ1v) is 11.0. The van der Waals surface area contributed by atoms with Gasteiger partial charge in [-0.15, -0.1) is 0 Å². The van der Waals surface area contributed by atoms with Crippen LogP contribution in [0.1, 0.15) is 38.5 Å². The highest BCUT2D eigenvalue weighted by atomic mass is 16.5. The molecule has 2 aliphatic heterocycles. The molecular formula is C22H33N5O. The predicted molar refractivity (Wildman–Crippen MR) is 115 cm³/mol. The zero-order chi connectivity index (χ0) is 19.0. The molecule has 0 saturated carbocycles. The van der Waals surface area contributed by atoms with Crippen molar-refractivity contribution in [3.63, 3.8) is 0 Å². The van der Waals surface area contributed by atoms with Crippen LogP contribution in [0.4, 0.5) is 11.8 Å². The van der Waals surface area contributed by atoms with E-state index in [9.17, 15) is 0 Å². The molecule has 0 unspecified atom stereocenters. The number of anilines is 2. The van der Waals surface area contributed by atoms with Gasteiger partial charge < -0.3 is 15.0 Å². The highest BCUT2D eigenvalue weighted by Crippen LogP contribution is 2.27. The Morgan fingerprint density at radius 1 is 0.893 bits per heavy atom. The fourth-order valence-electron chi connectivity index (χ4n) is 4.17. The van der Waals surface area contributed by atoms with Crippen LogP contribution in [0, 0.1) is 0 Å². The molecule has 2 fully saturated rings. The van der Waals surface area contributed by atoms with Gasteiger partial charge in [0.15, 0.2) is 0 Å². The van der Waals surface area contributed by atoms with Gasteiger partial charge in [0.1, 0.15) is 5.82 Å². The Bertz CT molecular complexity index is 739. The summed E-state index contributed by atoms with van der Waals surface area (Å²) in [4.78, 5) is 14.7. The van der Waals surface area contributed by atoms with E-state index in [1.165, 1.54) is 37.5 Å². The lowest BCUT2D eigenvalue weighted by molar-refractivity contribution is 0.0378. The van der Waals surface area contributed by atoms with Crippen LogP contribution in [-0.4, -0.2) is 67.4 Å². The topological polar surface area (TPSA) is 53.5 Å². The molecule has 2 aliphatic rings. The maximum absolute atomic E-state index is 5.42. The highest BCUT2D eigenvalue weighted by Gasteiger charge is 2.16. The molecule has 0 bridgehead atoms. The van der Waals surface area contributed by atoms with Gasteiger partial charge in [-0.2, -0.15) is 4.98 Å². The van der Waals surface area contributed by atoms with Crippen LogP contribution in [-0.2, 0) is 4.74 Å². The minimum absolute atomic E-state index is 0.762. The van der Waals surface area contributed by atoms with Crippen molar-refractivity contribution in [1.29, 1.82) is 0 Å². The van der Waals surface area contributed by atoms with E-state index in [0.717, 1.165) is 76.2 Å². The summed E-state index contributed by atoms with van der Waals surface area (Å²) in [6, 6.07) is 8.42. The van der Waals surface area contributed by atoms with Crippen molar-refractivity contribution < 1.29 is 4.74 Å². The third kappa shape index (κ3) is 5.11. The molecule has 0 atom stereocenters. The number of aromatic nitrogens is 2. The van der Waals surface area contributed by atoms with E-state index in [2.05, 4.69) is 39.4 Å². The second-order valence-electron chi connectivity index (χ2n) is 7.88. The van der Waals surface area contributed by atoms with Crippen LogP contribution in [0.5, 0.6) is 0 Å². The molecule has 2 aromatic rings. The van der Waals surface area contributed by atoms with E-state index in [-0.39, 0.29) is 0 Å². The van der Waals surface area contributed by atoms with Crippen molar-refractivity contribution in [3.8, 4) is 0 Å². The summed E-state index contributed by atoms with van der Waals surface area (Å²) in [7, 11) is 0. The zero-order valence-corrected chi connectivity index (χ0v) is 16.9. The molecule has 28 heavy (non-hydrogen) atoms. The maximum Gasteiger partial charge on any atom is 0.225 e. The van der Waals surface area contributed by atoms with E-state index in [1.54, 1.807) is 0 Å². The van der Waals surface area contributed by atoms with Gasteiger partial charge in [0, 0.05) is 38.1 Å². The molecule has 3 heterocycles. The van der Waals surface area contributed by atoms with Gasteiger partial charge in [-0.05, 0) is 37.9 Å². The van der Waals surface area contributed by atoms with Crippen LogP contribution in [0.2, 0.25) is 0 Å². The summed E-state index contributed by atoms with van der Waals surface area (Å²) in [5.74, 6) is 1.86. The molecule has 1 aromatic heterocycles.